The Balaban J connectivity index is 1.64. The summed E-state index contributed by atoms with van der Waals surface area (Å²) in [4.78, 5) is 12.6. The van der Waals surface area contributed by atoms with E-state index >= 15 is 0 Å². The van der Waals surface area contributed by atoms with E-state index < -0.39 is 9.84 Å². The van der Waals surface area contributed by atoms with Gasteiger partial charge >= 0.3 is 5.97 Å². The Kier molecular flexibility index (Phi) is 5.31. The maximum atomic E-state index is 12.5. The molecule has 0 amide bonds. The summed E-state index contributed by atoms with van der Waals surface area (Å²) in [5.41, 5.74) is 1.49. The fourth-order valence-electron chi connectivity index (χ4n) is 2.28. The summed E-state index contributed by atoms with van der Waals surface area (Å²) < 4.78 is 30.1. The first kappa shape index (κ1) is 17.4. The van der Waals surface area contributed by atoms with Gasteiger partial charge in [-0.25, -0.2) is 13.2 Å². The highest BCUT2D eigenvalue weighted by molar-refractivity contribution is 7.90. The third-order valence-electron chi connectivity index (χ3n) is 3.57. The topological polar surface area (TPSA) is 60.4 Å². The van der Waals surface area contributed by atoms with Gasteiger partial charge in [-0.3, -0.25) is 0 Å². The van der Waals surface area contributed by atoms with Crippen molar-refractivity contribution in [3.05, 3.63) is 88.1 Å². The average Bonchev–Trinajstić information content (AvgIpc) is 3.15. The highest BCUT2D eigenvalue weighted by atomic mass is 32.2. The number of hydrogen-bond acceptors (Lipinski definition) is 5. The second-order valence-corrected chi connectivity index (χ2v) is 8.38. The summed E-state index contributed by atoms with van der Waals surface area (Å²) in [5.74, 6) is -0.420. The van der Waals surface area contributed by atoms with Crippen LogP contribution in [0.2, 0.25) is 0 Å². The number of carbonyl (C=O) groups is 1. The number of ether oxygens (including phenoxy) is 1. The maximum absolute atomic E-state index is 12.5. The van der Waals surface area contributed by atoms with E-state index in [1.54, 1.807) is 48.5 Å². The van der Waals surface area contributed by atoms with E-state index in [9.17, 15) is 13.2 Å². The summed E-state index contributed by atoms with van der Waals surface area (Å²) in [5, 5.41) is 1.81. The second-order valence-electron chi connectivity index (χ2n) is 5.44. The Morgan fingerprint density at radius 2 is 1.60 bits per heavy atom. The molecule has 0 aliphatic carbocycles. The van der Waals surface area contributed by atoms with Crippen molar-refractivity contribution < 1.29 is 17.9 Å². The van der Waals surface area contributed by atoms with Crippen molar-refractivity contribution >= 4 is 27.1 Å². The molecule has 3 aromatic rings. The monoisotopic (exact) mass is 372 g/mol. The number of carbonyl (C=O) groups excluding carboxylic acids is 1. The minimum Gasteiger partial charge on any atom is -0.457 e. The molecule has 3 rings (SSSR count). The zero-order valence-electron chi connectivity index (χ0n) is 13.3. The largest absolute Gasteiger partial charge is 0.457 e. The van der Waals surface area contributed by atoms with Gasteiger partial charge in [0.15, 0.2) is 9.84 Å². The third kappa shape index (κ3) is 4.55. The van der Waals surface area contributed by atoms with Crippen molar-refractivity contribution in [2.45, 2.75) is 17.3 Å². The van der Waals surface area contributed by atoms with Crippen LogP contribution < -0.4 is 0 Å². The molecule has 1 aromatic heterocycles. The van der Waals surface area contributed by atoms with Crippen LogP contribution in [-0.2, 0) is 26.9 Å². The lowest BCUT2D eigenvalue weighted by molar-refractivity contribution is 0.0478. The molecular weight excluding hydrogens is 356 g/mol. The molecule has 0 spiro atoms. The molecule has 0 aliphatic rings. The van der Waals surface area contributed by atoms with Crippen LogP contribution in [0.1, 0.15) is 20.8 Å². The van der Waals surface area contributed by atoms with E-state index in [2.05, 4.69) is 0 Å². The molecule has 4 nitrogen and oxygen atoms in total. The van der Waals surface area contributed by atoms with Gasteiger partial charge < -0.3 is 4.74 Å². The van der Waals surface area contributed by atoms with Crippen molar-refractivity contribution in [1.29, 1.82) is 0 Å². The smallest absolute Gasteiger partial charge is 0.348 e. The molecule has 128 valence electrons. The van der Waals surface area contributed by atoms with Gasteiger partial charge in [0.05, 0.1) is 10.6 Å². The fourth-order valence-corrected chi connectivity index (χ4v) is 4.25. The van der Waals surface area contributed by atoms with Crippen molar-refractivity contribution in [1.82, 2.24) is 0 Å². The van der Waals surface area contributed by atoms with E-state index in [1.165, 1.54) is 11.3 Å². The summed E-state index contributed by atoms with van der Waals surface area (Å²) >= 11 is 1.32. The van der Waals surface area contributed by atoms with E-state index in [0.717, 1.165) is 11.1 Å². The zero-order valence-corrected chi connectivity index (χ0v) is 14.9. The lowest BCUT2D eigenvalue weighted by Crippen LogP contribution is -2.06. The van der Waals surface area contributed by atoms with E-state index in [4.69, 9.17) is 4.74 Å². The zero-order chi connectivity index (χ0) is 17.7. The van der Waals surface area contributed by atoms with E-state index in [1.807, 2.05) is 23.6 Å². The number of sulfone groups is 1. The highest BCUT2D eigenvalue weighted by Crippen LogP contribution is 2.18. The van der Waals surface area contributed by atoms with Crippen LogP contribution in [0.25, 0.3) is 0 Å². The second kappa shape index (κ2) is 7.63. The Labute approximate surface area is 150 Å². The van der Waals surface area contributed by atoms with Crippen LogP contribution in [0.15, 0.2) is 77.0 Å². The van der Waals surface area contributed by atoms with Crippen LogP contribution >= 0.6 is 11.3 Å². The van der Waals surface area contributed by atoms with Crippen molar-refractivity contribution in [3.63, 3.8) is 0 Å². The molecule has 1 heterocycles. The summed E-state index contributed by atoms with van der Waals surface area (Å²) in [6.45, 7) is 0.107. The van der Waals surface area contributed by atoms with E-state index in [0.29, 0.717) is 4.88 Å². The predicted molar refractivity (Wildman–Crippen MR) is 97.2 cm³/mol. The molecule has 0 fully saturated rings. The molecule has 2 aromatic carbocycles. The van der Waals surface area contributed by atoms with Crippen LogP contribution in [0.4, 0.5) is 0 Å². The van der Waals surface area contributed by atoms with Gasteiger partial charge in [-0.2, -0.15) is 0 Å². The van der Waals surface area contributed by atoms with Crippen LogP contribution in [0.5, 0.6) is 0 Å². The van der Waals surface area contributed by atoms with Gasteiger partial charge in [0.1, 0.15) is 11.5 Å². The van der Waals surface area contributed by atoms with Crippen LogP contribution in [-0.4, -0.2) is 14.4 Å². The minimum atomic E-state index is -3.40. The van der Waals surface area contributed by atoms with Crippen molar-refractivity contribution in [3.8, 4) is 0 Å². The summed E-state index contributed by atoms with van der Waals surface area (Å²) in [6, 6.07) is 19.0. The molecular formula is C19H16O4S2. The number of esters is 1. The first-order valence-corrected chi connectivity index (χ1v) is 10.1. The molecule has 0 aliphatic heterocycles. The lowest BCUT2D eigenvalue weighted by Gasteiger charge is -2.07. The molecule has 0 saturated heterocycles. The Morgan fingerprint density at radius 3 is 2.24 bits per heavy atom. The summed E-state index contributed by atoms with van der Waals surface area (Å²) in [7, 11) is -3.40. The fraction of sp³-hybridized carbons (Fsp3) is 0.105. The first-order valence-electron chi connectivity index (χ1n) is 7.61. The lowest BCUT2D eigenvalue weighted by atomic mass is 10.2. The molecule has 25 heavy (non-hydrogen) atoms. The van der Waals surface area contributed by atoms with Gasteiger partial charge in [0.2, 0.25) is 0 Å². The predicted octanol–water partition coefficient (Wildman–Crippen LogP) is 4.08. The molecule has 0 unspecified atom stereocenters. The van der Waals surface area contributed by atoms with Gasteiger partial charge in [0.25, 0.3) is 0 Å². The molecule has 0 bridgehead atoms. The van der Waals surface area contributed by atoms with Crippen LogP contribution in [0, 0.1) is 0 Å². The SMILES string of the molecule is O=C(OCc1ccc(S(=O)(=O)Cc2ccccc2)cc1)c1cccs1. The quantitative estimate of drug-likeness (QED) is 0.612. The number of benzene rings is 2. The van der Waals surface area contributed by atoms with Crippen molar-refractivity contribution in [2.75, 3.05) is 0 Å². The van der Waals surface area contributed by atoms with Gasteiger partial charge in [-0.05, 0) is 34.7 Å². The Morgan fingerprint density at radius 1 is 0.880 bits per heavy atom. The maximum Gasteiger partial charge on any atom is 0.348 e. The molecule has 0 saturated carbocycles. The number of hydrogen-bond donors (Lipinski definition) is 0. The van der Waals surface area contributed by atoms with Crippen LogP contribution in [0.3, 0.4) is 0 Å². The normalized spacial score (nSPS) is 11.2. The third-order valence-corrected chi connectivity index (χ3v) is 6.13. The summed E-state index contributed by atoms with van der Waals surface area (Å²) in [6.07, 6.45) is 0. The Bertz CT molecular complexity index is 929. The molecule has 6 heteroatoms. The van der Waals surface area contributed by atoms with Crippen molar-refractivity contribution in [2.24, 2.45) is 0 Å². The minimum absolute atomic E-state index is 0.0411. The van der Waals surface area contributed by atoms with Gasteiger partial charge in [0, 0.05) is 0 Å². The standard InChI is InChI=1S/C19H16O4S2/c20-19(18-7-4-12-24-18)23-13-15-8-10-17(11-9-15)25(21,22)14-16-5-2-1-3-6-16/h1-12H,13-14H2. The molecule has 0 radical (unpaired) electrons. The molecule has 0 N–H and O–H groups in total. The molecule has 0 atom stereocenters. The average molecular weight is 372 g/mol. The van der Waals surface area contributed by atoms with Gasteiger partial charge in [-0.15, -0.1) is 11.3 Å². The first-order chi connectivity index (χ1) is 12.0. The highest BCUT2D eigenvalue weighted by Gasteiger charge is 2.15. The van der Waals surface area contributed by atoms with E-state index in [-0.39, 0.29) is 23.2 Å². The van der Waals surface area contributed by atoms with Gasteiger partial charge in [-0.1, -0.05) is 48.5 Å². The number of thiophene rings is 1. The number of rotatable bonds is 6. The Hall–Kier alpha value is -2.44.